The number of hydrogen-bond donors (Lipinski definition) is 1. The molecule has 20 heavy (non-hydrogen) atoms. The van der Waals surface area contributed by atoms with E-state index < -0.39 is 21.0 Å². The zero-order valence-corrected chi connectivity index (χ0v) is 11.9. The molecule has 2 aromatic rings. The molecule has 0 unspecified atom stereocenters. The van der Waals surface area contributed by atoms with Crippen molar-refractivity contribution >= 4 is 33.2 Å². The molecule has 1 aromatic heterocycles. The Labute approximate surface area is 119 Å². The van der Waals surface area contributed by atoms with Gasteiger partial charge in [0.25, 0.3) is 5.91 Å². The molecule has 5 nitrogen and oxygen atoms in total. The Morgan fingerprint density at radius 2 is 2.00 bits per heavy atom. The molecule has 1 N–H and O–H groups in total. The molecule has 0 aliphatic carbocycles. The van der Waals surface area contributed by atoms with E-state index in [0.717, 1.165) is 17.4 Å². The van der Waals surface area contributed by atoms with Gasteiger partial charge in [-0.2, -0.15) is 8.42 Å². The van der Waals surface area contributed by atoms with E-state index in [-0.39, 0.29) is 10.6 Å². The van der Waals surface area contributed by atoms with Crippen molar-refractivity contribution in [1.29, 1.82) is 0 Å². The highest BCUT2D eigenvalue weighted by Gasteiger charge is 2.20. The number of thiophene rings is 1. The van der Waals surface area contributed by atoms with Gasteiger partial charge in [-0.3, -0.25) is 4.79 Å². The number of para-hydroxylation sites is 1. The highest BCUT2D eigenvalue weighted by molar-refractivity contribution is 7.86. The predicted octanol–water partition coefficient (Wildman–Crippen LogP) is 2.67. The third-order valence-corrected chi connectivity index (χ3v) is 4.23. The van der Waals surface area contributed by atoms with Gasteiger partial charge >= 0.3 is 10.2 Å². The van der Waals surface area contributed by atoms with Crippen LogP contribution in [0.4, 0.5) is 9.57 Å². The molecule has 0 fully saturated rings. The molecule has 2 rings (SSSR count). The van der Waals surface area contributed by atoms with Crippen molar-refractivity contribution in [2.45, 2.75) is 4.90 Å². The molecule has 0 bridgehead atoms. The minimum Gasteiger partial charge on any atom is -0.495 e. The summed E-state index contributed by atoms with van der Waals surface area (Å²) in [4.78, 5) is 11.7. The van der Waals surface area contributed by atoms with Crippen molar-refractivity contribution in [3.05, 3.63) is 40.6 Å². The van der Waals surface area contributed by atoms with Gasteiger partial charge in [0.15, 0.2) is 0 Å². The van der Waals surface area contributed by atoms with Crippen LogP contribution in [0.5, 0.6) is 5.75 Å². The maximum atomic E-state index is 13.1. The van der Waals surface area contributed by atoms with Crippen LogP contribution in [0, 0.1) is 0 Å². The topological polar surface area (TPSA) is 72.5 Å². The Morgan fingerprint density at radius 3 is 2.65 bits per heavy atom. The summed E-state index contributed by atoms with van der Waals surface area (Å²) in [7, 11) is -3.49. The quantitative estimate of drug-likeness (QED) is 0.880. The van der Waals surface area contributed by atoms with Gasteiger partial charge in [0.05, 0.1) is 12.8 Å². The van der Waals surface area contributed by atoms with Gasteiger partial charge in [-0.1, -0.05) is 12.1 Å². The van der Waals surface area contributed by atoms with Gasteiger partial charge < -0.3 is 10.1 Å². The number of carbonyl (C=O) groups excluding carboxylic acids is 1. The number of amides is 1. The lowest BCUT2D eigenvalue weighted by Crippen LogP contribution is -2.13. The number of halogens is 1. The highest BCUT2D eigenvalue weighted by atomic mass is 32.3. The monoisotopic (exact) mass is 315 g/mol. The van der Waals surface area contributed by atoms with Crippen molar-refractivity contribution in [1.82, 2.24) is 0 Å². The second-order valence-electron chi connectivity index (χ2n) is 3.71. The zero-order valence-electron chi connectivity index (χ0n) is 10.3. The number of carbonyl (C=O) groups is 1. The maximum Gasteiger partial charge on any atom is 0.334 e. The smallest absolute Gasteiger partial charge is 0.334 e. The SMILES string of the molecule is COc1ccsc1C(=O)Nc1ccccc1S(=O)(=O)F. The van der Waals surface area contributed by atoms with E-state index in [1.165, 1.54) is 25.3 Å². The largest absolute Gasteiger partial charge is 0.495 e. The molecule has 0 saturated carbocycles. The normalized spacial score (nSPS) is 11.1. The summed E-state index contributed by atoms with van der Waals surface area (Å²) in [5.41, 5.74) is -0.115. The van der Waals surface area contributed by atoms with Crippen LogP contribution >= 0.6 is 11.3 Å². The van der Waals surface area contributed by atoms with Crippen LogP contribution in [-0.4, -0.2) is 21.4 Å². The minimum absolute atomic E-state index is 0.115. The summed E-state index contributed by atoms with van der Waals surface area (Å²) in [5, 5.41) is 4.02. The van der Waals surface area contributed by atoms with Crippen molar-refractivity contribution in [2.24, 2.45) is 0 Å². The molecule has 1 heterocycles. The van der Waals surface area contributed by atoms with Gasteiger partial charge in [0, 0.05) is 0 Å². The minimum atomic E-state index is -4.91. The lowest BCUT2D eigenvalue weighted by atomic mass is 10.3. The number of rotatable bonds is 4. The molecular weight excluding hydrogens is 305 g/mol. The summed E-state index contributed by atoms with van der Waals surface area (Å²) >= 11 is 1.13. The first-order chi connectivity index (χ1) is 9.43. The molecule has 8 heteroatoms. The fourth-order valence-corrected chi connectivity index (χ4v) is 2.96. The van der Waals surface area contributed by atoms with Gasteiger partial charge in [-0.05, 0) is 23.6 Å². The van der Waals surface area contributed by atoms with Crippen LogP contribution in [0.1, 0.15) is 9.67 Å². The Kier molecular flexibility index (Phi) is 4.05. The summed E-state index contributed by atoms with van der Waals surface area (Å²) < 4.78 is 40.1. The first-order valence-electron chi connectivity index (χ1n) is 5.40. The van der Waals surface area contributed by atoms with Crippen LogP contribution in [0.2, 0.25) is 0 Å². The van der Waals surface area contributed by atoms with E-state index in [0.29, 0.717) is 5.75 Å². The van der Waals surface area contributed by atoms with Crippen molar-refractivity contribution in [3.8, 4) is 5.75 Å². The summed E-state index contributed by atoms with van der Waals surface area (Å²) in [6.07, 6.45) is 0. The molecule has 0 aliphatic heterocycles. The number of benzene rings is 1. The molecule has 0 atom stereocenters. The second-order valence-corrected chi connectivity index (χ2v) is 5.94. The molecule has 1 amide bonds. The van der Waals surface area contributed by atoms with E-state index in [2.05, 4.69) is 5.32 Å². The van der Waals surface area contributed by atoms with E-state index in [9.17, 15) is 17.1 Å². The highest BCUT2D eigenvalue weighted by Crippen LogP contribution is 2.27. The van der Waals surface area contributed by atoms with Gasteiger partial charge in [0.1, 0.15) is 15.5 Å². The van der Waals surface area contributed by atoms with E-state index in [1.54, 1.807) is 11.4 Å². The Bertz CT molecular complexity index is 739. The number of nitrogens with one attached hydrogen (secondary N) is 1. The van der Waals surface area contributed by atoms with Crippen LogP contribution in [-0.2, 0) is 10.2 Å². The summed E-state index contributed by atoms with van der Waals surface area (Å²) in [5.74, 6) is -0.193. The first kappa shape index (κ1) is 14.5. The zero-order chi connectivity index (χ0) is 14.8. The van der Waals surface area contributed by atoms with Crippen molar-refractivity contribution in [3.63, 3.8) is 0 Å². The number of methoxy groups -OCH3 is 1. The molecule has 106 valence electrons. The average molecular weight is 315 g/mol. The lowest BCUT2D eigenvalue weighted by molar-refractivity contribution is 0.102. The lowest BCUT2D eigenvalue weighted by Gasteiger charge is -2.08. The van der Waals surface area contributed by atoms with Gasteiger partial charge in [-0.15, -0.1) is 15.2 Å². The van der Waals surface area contributed by atoms with E-state index in [1.807, 2.05) is 0 Å². The molecule has 0 aliphatic rings. The fourth-order valence-electron chi connectivity index (χ4n) is 1.59. The second kappa shape index (κ2) is 5.59. The average Bonchev–Trinajstić information content (AvgIpc) is 2.86. The maximum absolute atomic E-state index is 13.1. The van der Waals surface area contributed by atoms with Crippen molar-refractivity contribution < 1.29 is 21.8 Å². The Balaban J connectivity index is 2.34. The van der Waals surface area contributed by atoms with Gasteiger partial charge in [-0.25, -0.2) is 0 Å². The standard InChI is InChI=1S/C12H10FNO4S2/c1-18-9-6-7-19-11(9)12(15)14-8-4-2-3-5-10(8)20(13,16)17/h2-7H,1H3,(H,14,15). The first-order valence-corrected chi connectivity index (χ1v) is 7.66. The van der Waals surface area contributed by atoms with Crippen LogP contribution in [0.15, 0.2) is 40.6 Å². The Hall–Kier alpha value is -1.93. The van der Waals surface area contributed by atoms with Crippen molar-refractivity contribution in [2.75, 3.05) is 12.4 Å². The number of hydrogen-bond acceptors (Lipinski definition) is 5. The van der Waals surface area contributed by atoms with E-state index in [4.69, 9.17) is 4.74 Å². The number of anilines is 1. The molecule has 0 saturated heterocycles. The third-order valence-electron chi connectivity index (χ3n) is 2.45. The number of ether oxygens (including phenoxy) is 1. The summed E-state index contributed by atoms with van der Waals surface area (Å²) in [6, 6.07) is 6.86. The Morgan fingerprint density at radius 1 is 1.30 bits per heavy atom. The molecular formula is C12H10FNO4S2. The van der Waals surface area contributed by atoms with Crippen LogP contribution in [0.25, 0.3) is 0 Å². The molecule has 0 spiro atoms. The predicted molar refractivity (Wildman–Crippen MR) is 73.6 cm³/mol. The molecule has 1 aromatic carbocycles. The summed E-state index contributed by atoms with van der Waals surface area (Å²) in [6.45, 7) is 0. The van der Waals surface area contributed by atoms with Crippen LogP contribution < -0.4 is 10.1 Å². The fraction of sp³-hybridized carbons (Fsp3) is 0.0833. The van der Waals surface area contributed by atoms with Crippen LogP contribution in [0.3, 0.4) is 0 Å². The van der Waals surface area contributed by atoms with E-state index >= 15 is 0 Å². The van der Waals surface area contributed by atoms with Gasteiger partial charge in [0.2, 0.25) is 0 Å². The third kappa shape index (κ3) is 2.97. The molecule has 0 radical (unpaired) electrons.